The van der Waals surface area contributed by atoms with E-state index in [2.05, 4.69) is 15.5 Å². The number of carbonyl (C=O) groups is 1. The molecule has 0 unspecified atom stereocenters. The van der Waals surface area contributed by atoms with E-state index in [1.807, 2.05) is 32.0 Å². The third-order valence-corrected chi connectivity index (χ3v) is 7.67. The Bertz CT molecular complexity index is 1280. The van der Waals surface area contributed by atoms with Crippen molar-refractivity contribution in [2.75, 3.05) is 25.2 Å². The SMILES string of the molecule is CCCCN(CCCC)S(=O)(=O)c1ccc(C(=O)Nc2nnc(Cc3ccc4c(c3)OCO4)o2)cc1. The molecule has 0 spiro atoms. The van der Waals surface area contributed by atoms with Crippen LogP contribution in [0.15, 0.2) is 51.8 Å². The van der Waals surface area contributed by atoms with Crippen molar-refractivity contribution < 1.29 is 27.1 Å². The molecule has 1 aromatic heterocycles. The van der Waals surface area contributed by atoms with Gasteiger partial charge in [-0.15, -0.1) is 5.10 Å². The van der Waals surface area contributed by atoms with Crippen molar-refractivity contribution in [3.05, 3.63) is 59.5 Å². The summed E-state index contributed by atoms with van der Waals surface area (Å²) in [6, 6.07) is 11.3. The van der Waals surface area contributed by atoms with E-state index in [9.17, 15) is 13.2 Å². The minimum atomic E-state index is -3.63. The molecule has 2 heterocycles. The lowest BCUT2D eigenvalue weighted by Crippen LogP contribution is -2.33. The van der Waals surface area contributed by atoms with Crippen LogP contribution in [0.3, 0.4) is 0 Å². The van der Waals surface area contributed by atoms with E-state index in [1.54, 1.807) is 0 Å². The molecule has 1 aliphatic rings. The van der Waals surface area contributed by atoms with Crippen LogP contribution in [0.25, 0.3) is 0 Å². The summed E-state index contributed by atoms with van der Waals surface area (Å²) in [4.78, 5) is 12.8. The average Bonchev–Trinajstić information content (AvgIpc) is 3.53. The average molecular weight is 515 g/mol. The summed E-state index contributed by atoms with van der Waals surface area (Å²) in [5.41, 5.74) is 1.17. The van der Waals surface area contributed by atoms with E-state index in [1.165, 1.54) is 28.6 Å². The first-order valence-corrected chi connectivity index (χ1v) is 13.5. The fourth-order valence-corrected chi connectivity index (χ4v) is 5.24. The molecule has 10 nitrogen and oxygen atoms in total. The van der Waals surface area contributed by atoms with Crippen LogP contribution in [0.5, 0.6) is 11.5 Å². The molecule has 36 heavy (non-hydrogen) atoms. The molecule has 11 heteroatoms. The highest BCUT2D eigenvalue weighted by molar-refractivity contribution is 7.89. The van der Waals surface area contributed by atoms with E-state index in [0.717, 1.165) is 31.2 Å². The number of ether oxygens (including phenoxy) is 2. The van der Waals surface area contributed by atoms with Crippen LogP contribution >= 0.6 is 0 Å². The summed E-state index contributed by atoms with van der Waals surface area (Å²) >= 11 is 0. The maximum absolute atomic E-state index is 13.1. The van der Waals surface area contributed by atoms with Gasteiger partial charge in [0.2, 0.25) is 22.7 Å². The van der Waals surface area contributed by atoms with E-state index < -0.39 is 15.9 Å². The Kier molecular flexibility index (Phi) is 8.21. The fourth-order valence-electron chi connectivity index (χ4n) is 3.72. The summed E-state index contributed by atoms with van der Waals surface area (Å²) in [6.07, 6.45) is 3.77. The predicted octanol–water partition coefficient (Wildman–Crippen LogP) is 4.23. The first kappa shape index (κ1) is 25.6. The van der Waals surface area contributed by atoms with Crippen molar-refractivity contribution in [3.8, 4) is 11.5 Å². The number of hydrogen-bond donors (Lipinski definition) is 1. The Morgan fingerprint density at radius 2 is 1.67 bits per heavy atom. The highest BCUT2D eigenvalue weighted by Gasteiger charge is 2.24. The standard InChI is InChI=1S/C25H30N4O6S/c1-3-5-13-29(14-6-4-2)36(31,32)20-10-8-19(9-11-20)24(30)26-25-28-27-23(35-25)16-18-7-12-21-22(15-18)34-17-33-21/h7-12,15H,3-6,13-14,16-17H2,1-2H3,(H,26,28,30). The van der Waals surface area contributed by atoms with E-state index in [-0.39, 0.29) is 23.3 Å². The quantitative estimate of drug-likeness (QED) is 0.381. The lowest BCUT2D eigenvalue weighted by atomic mass is 10.1. The van der Waals surface area contributed by atoms with Crippen molar-refractivity contribution >= 4 is 21.9 Å². The Morgan fingerprint density at radius 1 is 0.972 bits per heavy atom. The number of anilines is 1. The highest BCUT2D eigenvalue weighted by atomic mass is 32.2. The second-order valence-corrected chi connectivity index (χ2v) is 10.4. The third kappa shape index (κ3) is 6.03. The van der Waals surface area contributed by atoms with E-state index >= 15 is 0 Å². The van der Waals surface area contributed by atoms with Crippen molar-refractivity contribution in [1.82, 2.24) is 14.5 Å². The molecule has 0 saturated carbocycles. The van der Waals surface area contributed by atoms with Gasteiger partial charge in [-0.25, -0.2) is 8.42 Å². The second-order valence-electron chi connectivity index (χ2n) is 8.46. The van der Waals surface area contributed by atoms with Crippen LogP contribution < -0.4 is 14.8 Å². The van der Waals surface area contributed by atoms with Gasteiger partial charge in [0.25, 0.3) is 5.91 Å². The summed E-state index contributed by atoms with van der Waals surface area (Å²) in [7, 11) is -3.63. The van der Waals surface area contributed by atoms with Gasteiger partial charge in [-0.1, -0.05) is 37.9 Å². The first-order chi connectivity index (χ1) is 17.4. The van der Waals surface area contributed by atoms with Crippen molar-refractivity contribution in [3.63, 3.8) is 0 Å². The second kappa shape index (κ2) is 11.5. The van der Waals surface area contributed by atoms with Gasteiger partial charge in [0, 0.05) is 18.7 Å². The normalized spacial score (nSPS) is 12.8. The Labute approximate surface area is 210 Å². The van der Waals surface area contributed by atoms with Gasteiger partial charge in [0.05, 0.1) is 11.3 Å². The van der Waals surface area contributed by atoms with Gasteiger partial charge in [-0.3, -0.25) is 10.1 Å². The topological polar surface area (TPSA) is 124 Å². The molecule has 2 aromatic carbocycles. The largest absolute Gasteiger partial charge is 0.454 e. The molecule has 1 aliphatic heterocycles. The van der Waals surface area contributed by atoms with Gasteiger partial charge in [0.1, 0.15) is 0 Å². The molecular formula is C25H30N4O6S. The maximum Gasteiger partial charge on any atom is 0.322 e. The molecule has 0 atom stereocenters. The maximum atomic E-state index is 13.1. The molecule has 1 N–H and O–H groups in total. The molecule has 192 valence electrons. The van der Waals surface area contributed by atoms with Crippen LogP contribution in [0, 0.1) is 0 Å². The number of benzene rings is 2. The van der Waals surface area contributed by atoms with Crippen molar-refractivity contribution in [2.24, 2.45) is 0 Å². The number of unbranched alkanes of at least 4 members (excludes halogenated alkanes) is 2. The van der Waals surface area contributed by atoms with Gasteiger partial charge in [0.15, 0.2) is 11.5 Å². The lowest BCUT2D eigenvalue weighted by Gasteiger charge is -2.22. The Balaban J connectivity index is 1.39. The zero-order valence-electron chi connectivity index (χ0n) is 20.4. The minimum Gasteiger partial charge on any atom is -0.454 e. The predicted molar refractivity (Wildman–Crippen MR) is 133 cm³/mol. The highest BCUT2D eigenvalue weighted by Crippen LogP contribution is 2.33. The number of hydrogen-bond acceptors (Lipinski definition) is 8. The van der Waals surface area contributed by atoms with Gasteiger partial charge < -0.3 is 13.9 Å². The summed E-state index contributed by atoms with van der Waals surface area (Å²) in [6.45, 7) is 5.21. The number of rotatable bonds is 12. The molecule has 0 radical (unpaired) electrons. The van der Waals surface area contributed by atoms with Crippen LogP contribution in [-0.2, 0) is 16.4 Å². The minimum absolute atomic E-state index is 0.0438. The third-order valence-electron chi connectivity index (χ3n) is 5.76. The van der Waals surface area contributed by atoms with Crippen molar-refractivity contribution in [1.29, 1.82) is 0 Å². The molecule has 3 aromatic rings. The van der Waals surface area contributed by atoms with Gasteiger partial charge >= 0.3 is 6.01 Å². The number of carbonyl (C=O) groups excluding carboxylic acids is 1. The van der Waals surface area contributed by atoms with Gasteiger partial charge in [-0.2, -0.15) is 4.31 Å². The summed E-state index contributed by atoms with van der Waals surface area (Å²) in [5.74, 6) is 1.19. The molecule has 0 aliphatic carbocycles. The lowest BCUT2D eigenvalue weighted by molar-refractivity contribution is 0.102. The summed E-state index contributed by atoms with van der Waals surface area (Å²) in [5, 5.41) is 10.4. The fraction of sp³-hybridized carbons (Fsp3) is 0.400. The van der Waals surface area contributed by atoms with Gasteiger partial charge in [-0.05, 0) is 54.8 Å². The van der Waals surface area contributed by atoms with Crippen molar-refractivity contribution in [2.45, 2.75) is 50.8 Å². The molecule has 0 bridgehead atoms. The molecule has 0 fully saturated rings. The molecule has 1 amide bonds. The zero-order valence-corrected chi connectivity index (χ0v) is 21.2. The number of fused-ring (bicyclic) bond motifs is 1. The number of nitrogens with zero attached hydrogens (tertiary/aromatic N) is 3. The summed E-state index contributed by atoms with van der Waals surface area (Å²) < 4.78 is 44.0. The molecule has 0 saturated heterocycles. The number of amides is 1. The van der Waals surface area contributed by atoms with Crippen LogP contribution in [0.4, 0.5) is 6.01 Å². The van der Waals surface area contributed by atoms with Crippen LogP contribution in [0.1, 0.15) is 61.3 Å². The molecule has 4 rings (SSSR count). The Morgan fingerprint density at radius 3 is 2.36 bits per heavy atom. The van der Waals surface area contributed by atoms with E-state index in [0.29, 0.717) is 36.9 Å². The first-order valence-electron chi connectivity index (χ1n) is 12.0. The number of nitrogens with one attached hydrogen (secondary N) is 1. The number of aromatic nitrogens is 2. The zero-order chi connectivity index (χ0) is 25.5. The monoisotopic (exact) mass is 514 g/mol. The van der Waals surface area contributed by atoms with E-state index in [4.69, 9.17) is 13.9 Å². The smallest absolute Gasteiger partial charge is 0.322 e. The van der Waals surface area contributed by atoms with Crippen LogP contribution in [0.2, 0.25) is 0 Å². The number of sulfonamides is 1. The molecular weight excluding hydrogens is 484 g/mol. The van der Waals surface area contributed by atoms with Crippen LogP contribution in [-0.4, -0.2) is 48.7 Å². The Hall–Kier alpha value is -3.44.